The Morgan fingerprint density at radius 1 is 0.400 bits per heavy atom. The molecule has 0 atom stereocenters. The fraction of sp³-hybridized carbons (Fsp3) is 0.773. The molecular formula is C44H74O6. The third kappa shape index (κ3) is 21.7. The molecule has 6 nitrogen and oxygen atoms in total. The highest BCUT2D eigenvalue weighted by Crippen LogP contribution is 2.24. The maximum Gasteiger partial charge on any atom is 0.346 e. The zero-order chi connectivity index (χ0) is 36.7. The van der Waals surface area contributed by atoms with Gasteiger partial charge in [0, 0.05) is 0 Å². The van der Waals surface area contributed by atoms with Crippen molar-refractivity contribution in [1.29, 1.82) is 0 Å². The number of rotatable bonds is 32. The molecule has 0 amide bonds. The largest absolute Gasteiger partial charge is 0.389 e. The Kier molecular flexibility index (Phi) is 28.5. The molecular weight excluding hydrogens is 624 g/mol. The van der Waals surface area contributed by atoms with Gasteiger partial charge in [0.1, 0.15) is 0 Å². The number of carbonyl (C=O) groups excluding carboxylic acids is 4. The number of benzene rings is 1. The zero-order valence-corrected chi connectivity index (χ0v) is 32.7. The van der Waals surface area contributed by atoms with Gasteiger partial charge in [0.2, 0.25) is 0 Å². The summed E-state index contributed by atoms with van der Waals surface area (Å²) in [7, 11) is 0. The highest BCUT2D eigenvalue weighted by molar-refractivity contribution is 6.08. The van der Waals surface area contributed by atoms with Gasteiger partial charge < -0.3 is 9.47 Å². The molecule has 0 fully saturated rings. The lowest BCUT2D eigenvalue weighted by atomic mass is 9.94. The minimum Gasteiger partial charge on any atom is -0.389 e. The third-order valence-electron chi connectivity index (χ3n) is 10.0. The van der Waals surface area contributed by atoms with Crippen LogP contribution in [-0.2, 0) is 19.1 Å². The van der Waals surface area contributed by atoms with Crippen molar-refractivity contribution in [3.05, 3.63) is 35.4 Å². The molecule has 0 radical (unpaired) electrons. The van der Waals surface area contributed by atoms with Crippen LogP contribution in [0.5, 0.6) is 0 Å². The molecule has 0 aliphatic heterocycles. The average molecular weight is 699 g/mol. The third-order valence-corrected chi connectivity index (χ3v) is 10.0. The zero-order valence-electron chi connectivity index (χ0n) is 32.7. The molecule has 0 aliphatic carbocycles. The van der Waals surface area contributed by atoms with Gasteiger partial charge in [0.15, 0.2) is 0 Å². The van der Waals surface area contributed by atoms with Crippen LogP contribution in [0.25, 0.3) is 0 Å². The quantitative estimate of drug-likeness (QED) is 0.0423. The molecule has 1 rings (SSSR count). The molecule has 1 aromatic rings. The van der Waals surface area contributed by atoms with Crippen molar-refractivity contribution in [3.8, 4) is 0 Å². The lowest BCUT2D eigenvalue weighted by molar-refractivity contribution is -0.144. The number of carbonyl (C=O) groups is 4. The molecule has 0 aromatic heterocycles. The summed E-state index contributed by atoms with van der Waals surface area (Å²) in [5.41, 5.74) is -0.0835. The first-order valence-corrected chi connectivity index (χ1v) is 21.0. The summed E-state index contributed by atoms with van der Waals surface area (Å²) in [5.74, 6) is -3.45. The molecule has 0 saturated carbocycles. The average Bonchev–Trinajstić information content (AvgIpc) is 3.12. The molecule has 0 aliphatic rings. The molecule has 6 heteroatoms. The predicted octanol–water partition coefficient (Wildman–Crippen LogP) is 13.3. The fourth-order valence-corrected chi connectivity index (χ4v) is 6.74. The minimum absolute atomic E-state index is 0.0417. The van der Waals surface area contributed by atoms with Gasteiger partial charge in [-0.3, -0.25) is 9.59 Å². The van der Waals surface area contributed by atoms with Crippen LogP contribution in [0.1, 0.15) is 228 Å². The van der Waals surface area contributed by atoms with E-state index in [4.69, 9.17) is 9.47 Å². The standard InChI is InChI=1S/C44H74O6/c1-5-9-13-17-21-25-31-37(32-26-22-18-14-10-6-2)41(45)49-43(47)39-35-29-30-36-40(39)44(48)50-42(46)38(33-27-23-19-15-11-7-3)34-28-24-20-16-12-8-4/h29-30,35-38H,5-28,31-34H2,1-4H3. The Hall–Kier alpha value is -2.50. The number of unbranched alkanes of at least 4 members (excludes halogenated alkanes) is 20. The van der Waals surface area contributed by atoms with Crippen LogP contribution in [0, 0.1) is 11.8 Å². The summed E-state index contributed by atoms with van der Waals surface area (Å²) < 4.78 is 10.9. The van der Waals surface area contributed by atoms with Gasteiger partial charge in [-0.1, -0.05) is 194 Å². The summed E-state index contributed by atoms with van der Waals surface area (Å²) in [6, 6.07) is 6.20. The monoisotopic (exact) mass is 699 g/mol. The van der Waals surface area contributed by atoms with Gasteiger partial charge in [-0.15, -0.1) is 0 Å². The minimum atomic E-state index is -0.860. The van der Waals surface area contributed by atoms with Crippen LogP contribution in [-0.4, -0.2) is 23.9 Å². The van der Waals surface area contributed by atoms with Gasteiger partial charge in [-0.2, -0.15) is 0 Å². The second-order valence-electron chi connectivity index (χ2n) is 14.6. The van der Waals surface area contributed by atoms with Crippen LogP contribution in [0.4, 0.5) is 0 Å². The first kappa shape index (κ1) is 45.5. The van der Waals surface area contributed by atoms with E-state index in [1.807, 2.05) is 0 Å². The van der Waals surface area contributed by atoms with E-state index < -0.39 is 23.9 Å². The molecule has 50 heavy (non-hydrogen) atoms. The van der Waals surface area contributed by atoms with E-state index in [0.29, 0.717) is 25.7 Å². The molecule has 0 N–H and O–H groups in total. The molecule has 0 bridgehead atoms. The Balaban J connectivity index is 2.89. The van der Waals surface area contributed by atoms with Crippen molar-refractivity contribution in [2.24, 2.45) is 11.8 Å². The van der Waals surface area contributed by atoms with E-state index in [-0.39, 0.29) is 23.0 Å². The Morgan fingerprint density at radius 3 is 0.900 bits per heavy atom. The summed E-state index contributed by atoms with van der Waals surface area (Å²) in [5, 5.41) is 0. The first-order chi connectivity index (χ1) is 24.4. The molecule has 0 heterocycles. The van der Waals surface area contributed by atoms with Crippen molar-refractivity contribution in [1.82, 2.24) is 0 Å². The van der Waals surface area contributed by atoms with Gasteiger partial charge in [0.05, 0.1) is 23.0 Å². The van der Waals surface area contributed by atoms with Crippen molar-refractivity contribution in [2.45, 2.75) is 207 Å². The van der Waals surface area contributed by atoms with E-state index >= 15 is 0 Å². The Labute approximate surface area is 306 Å². The van der Waals surface area contributed by atoms with E-state index in [0.717, 1.165) is 77.0 Å². The van der Waals surface area contributed by atoms with Crippen LogP contribution in [0.15, 0.2) is 24.3 Å². The smallest absolute Gasteiger partial charge is 0.346 e. The van der Waals surface area contributed by atoms with E-state index in [9.17, 15) is 19.2 Å². The topological polar surface area (TPSA) is 86.7 Å². The van der Waals surface area contributed by atoms with Gasteiger partial charge >= 0.3 is 23.9 Å². The SMILES string of the molecule is CCCCCCCCC(CCCCCCCC)C(=O)OC(=O)c1ccccc1C(=O)OC(=O)C(CCCCCCCC)CCCCCCCC. The van der Waals surface area contributed by atoms with Crippen LogP contribution < -0.4 is 0 Å². The summed E-state index contributed by atoms with van der Waals surface area (Å²) in [6.45, 7) is 8.80. The molecule has 286 valence electrons. The van der Waals surface area contributed by atoms with Crippen molar-refractivity contribution >= 4 is 23.9 Å². The summed E-state index contributed by atoms with van der Waals surface area (Å²) >= 11 is 0. The molecule has 0 saturated heterocycles. The molecule has 1 aromatic carbocycles. The first-order valence-electron chi connectivity index (χ1n) is 21.0. The van der Waals surface area contributed by atoms with Crippen LogP contribution >= 0.6 is 0 Å². The second-order valence-corrected chi connectivity index (χ2v) is 14.6. The van der Waals surface area contributed by atoms with Crippen molar-refractivity contribution < 1.29 is 28.7 Å². The highest BCUT2D eigenvalue weighted by atomic mass is 16.6. The van der Waals surface area contributed by atoms with E-state index in [1.165, 1.54) is 89.2 Å². The van der Waals surface area contributed by atoms with Crippen LogP contribution in [0.2, 0.25) is 0 Å². The highest BCUT2D eigenvalue weighted by Gasteiger charge is 2.28. The maximum atomic E-state index is 13.4. The molecule has 0 unspecified atom stereocenters. The Morgan fingerprint density at radius 2 is 0.640 bits per heavy atom. The van der Waals surface area contributed by atoms with E-state index in [2.05, 4.69) is 27.7 Å². The summed E-state index contributed by atoms with van der Waals surface area (Å²) in [4.78, 5) is 53.4. The molecule has 0 spiro atoms. The van der Waals surface area contributed by atoms with E-state index in [1.54, 1.807) is 12.1 Å². The van der Waals surface area contributed by atoms with Crippen molar-refractivity contribution in [3.63, 3.8) is 0 Å². The number of hydrogen-bond acceptors (Lipinski definition) is 6. The number of esters is 4. The maximum absolute atomic E-state index is 13.4. The lowest BCUT2D eigenvalue weighted by Gasteiger charge is -2.17. The van der Waals surface area contributed by atoms with Crippen LogP contribution in [0.3, 0.4) is 0 Å². The fourth-order valence-electron chi connectivity index (χ4n) is 6.74. The normalized spacial score (nSPS) is 11.3. The predicted molar refractivity (Wildman–Crippen MR) is 206 cm³/mol. The van der Waals surface area contributed by atoms with Gasteiger partial charge in [0.25, 0.3) is 0 Å². The van der Waals surface area contributed by atoms with Gasteiger partial charge in [-0.05, 0) is 37.8 Å². The summed E-state index contributed by atoms with van der Waals surface area (Å²) in [6.07, 6.45) is 29.9. The Bertz CT molecular complexity index is 920. The number of ether oxygens (including phenoxy) is 2. The number of hydrogen-bond donors (Lipinski definition) is 0. The lowest BCUT2D eigenvalue weighted by Crippen LogP contribution is -2.25. The van der Waals surface area contributed by atoms with Crippen molar-refractivity contribution in [2.75, 3.05) is 0 Å². The second kappa shape index (κ2) is 31.3. The van der Waals surface area contributed by atoms with Gasteiger partial charge in [-0.25, -0.2) is 9.59 Å².